The molecule has 0 aliphatic heterocycles. The zero-order chi connectivity index (χ0) is 12.0. The minimum atomic E-state index is -0.00661. The first-order chi connectivity index (χ1) is 7.65. The fourth-order valence-electron chi connectivity index (χ4n) is 1.48. The highest BCUT2D eigenvalue weighted by Gasteiger charge is 2.07. The van der Waals surface area contributed by atoms with Gasteiger partial charge in [-0.05, 0) is 32.4 Å². The van der Waals surface area contributed by atoms with Gasteiger partial charge in [-0.15, -0.1) is 11.8 Å². The molecule has 0 amide bonds. The molecular weight excluding hydrogens is 198 g/mol. The fraction of sp³-hybridized carbons (Fsp3) is 0.429. The Hall–Kier alpha value is -1.46. The third-order valence-electron chi connectivity index (χ3n) is 2.32. The normalized spacial score (nSPS) is 11.5. The highest BCUT2D eigenvalue weighted by atomic mass is 16.5. The van der Waals surface area contributed by atoms with Gasteiger partial charge in [0, 0.05) is 18.0 Å². The van der Waals surface area contributed by atoms with Gasteiger partial charge in [0.2, 0.25) is 0 Å². The molecule has 0 fully saturated rings. The molecule has 0 aromatic heterocycles. The lowest BCUT2D eigenvalue weighted by molar-refractivity contribution is 0.322. The van der Waals surface area contributed by atoms with Crippen LogP contribution < -0.4 is 10.5 Å². The van der Waals surface area contributed by atoms with E-state index >= 15 is 0 Å². The van der Waals surface area contributed by atoms with Gasteiger partial charge in [-0.25, -0.2) is 0 Å². The molecule has 0 saturated carbocycles. The third-order valence-corrected chi connectivity index (χ3v) is 2.32. The van der Waals surface area contributed by atoms with Gasteiger partial charge in [-0.3, -0.25) is 0 Å². The summed E-state index contributed by atoms with van der Waals surface area (Å²) in [7, 11) is 0. The highest BCUT2D eigenvalue weighted by molar-refractivity contribution is 5.38. The Morgan fingerprint density at radius 3 is 2.81 bits per heavy atom. The summed E-state index contributed by atoms with van der Waals surface area (Å²) in [6.07, 6.45) is 0.753. The van der Waals surface area contributed by atoms with Gasteiger partial charge in [0.1, 0.15) is 5.75 Å². The Kier molecular flexibility index (Phi) is 4.88. The number of hydrogen-bond donors (Lipinski definition) is 1. The van der Waals surface area contributed by atoms with Gasteiger partial charge in [0.15, 0.2) is 0 Å². The SMILES string of the molecule is CC#CCCOc1cc(C)ccc1[C@@H](C)N. The van der Waals surface area contributed by atoms with Crippen LogP contribution in [-0.2, 0) is 0 Å². The minimum Gasteiger partial charge on any atom is -0.492 e. The van der Waals surface area contributed by atoms with E-state index in [4.69, 9.17) is 10.5 Å². The lowest BCUT2D eigenvalue weighted by Crippen LogP contribution is -2.08. The van der Waals surface area contributed by atoms with E-state index in [0.29, 0.717) is 6.61 Å². The Labute approximate surface area is 97.8 Å². The molecule has 0 aliphatic carbocycles. The molecule has 0 bridgehead atoms. The molecule has 86 valence electrons. The third kappa shape index (κ3) is 3.60. The number of nitrogens with two attached hydrogens (primary N) is 1. The lowest BCUT2D eigenvalue weighted by Gasteiger charge is -2.14. The summed E-state index contributed by atoms with van der Waals surface area (Å²) in [4.78, 5) is 0. The van der Waals surface area contributed by atoms with E-state index in [1.54, 1.807) is 0 Å². The smallest absolute Gasteiger partial charge is 0.124 e. The van der Waals surface area contributed by atoms with Crippen molar-refractivity contribution in [2.75, 3.05) is 6.61 Å². The number of benzene rings is 1. The largest absolute Gasteiger partial charge is 0.492 e. The molecule has 1 rings (SSSR count). The van der Waals surface area contributed by atoms with Crippen LogP contribution in [0.25, 0.3) is 0 Å². The minimum absolute atomic E-state index is 0.00661. The molecule has 1 aromatic rings. The molecule has 2 nitrogen and oxygen atoms in total. The first-order valence-electron chi connectivity index (χ1n) is 5.53. The summed E-state index contributed by atoms with van der Waals surface area (Å²) in [6, 6.07) is 6.10. The molecule has 0 radical (unpaired) electrons. The van der Waals surface area contributed by atoms with Gasteiger partial charge < -0.3 is 10.5 Å². The van der Waals surface area contributed by atoms with Crippen LogP contribution in [0.3, 0.4) is 0 Å². The Bertz CT molecular complexity index is 399. The molecule has 1 atom stereocenters. The molecule has 1 aromatic carbocycles. The Balaban J connectivity index is 2.74. The molecule has 0 aliphatic rings. The number of rotatable bonds is 4. The van der Waals surface area contributed by atoms with Crippen molar-refractivity contribution in [3.63, 3.8) is 0 Å². The highest BCUT2D eigenvalue weighted by Crippen LogP contribution is 2.25. The molecule has 0 spiro atoms. The first kappa shape index (κ1) is 12.6. The van der Waals surface area contributed by atoms with Crippen molar-refractivity contribution in [2.45, 2.75) is 33.2 Å². The van der Waals surface area contributed by atoms with Crippen molar-refractivity contribution >= 4 is 0 Å². The lowest BCUT2D eigenvalue weighted by atomic mass is 10.1. The van der Waals surface area contributed by atoms with Crippen LogP contribution >= 0.6 is 0 Å². The molecule has 16 heavy (non-hydrogen) atoms. The van der Waals surface area contributed by atoms with Gasteiger partial charge in [0.25, 0.3) is 0 Å². The van der Waals surface area contributed by atoms with E-state index in [-0.39, 0.29) is 6.04 Å². The topological polar surface area (TPSA) is 35.2 Å². The quantitative estimate of drug-likeness (QED) is 0.621. The standard InChI is InChI=1S/C14H19NO/c1-4-5-6-9-16-14-10-11(2)7-8-13(14)12(3)15/h7-8,10,12H,6,9,15H2,1-3H3/t12-/m1/s1. The average Bonchev–Trinajstić information content (AvgIpc) is 2.24. The second kappa shape index (κ2) is 6.19. The molecule has 0 saturated heterocycles. The van der Waals surface area contributed by atoms with Crippen molar-refractivity contribution in [1.29, 1.82) is 0 Å². The van der Waals surface area contributed by atoms with Crippen LogP contribution in [0.2, 0.25) is 0 Å². The maximum atomic E-state index is 5.89. The number of aryl methyl sites for hydroxylation is 1. The van der Waals surface area contributed by atoms with Gasteiger partial charge >= 0.3 is 0 Å². The van der Waals surface area contributed by atoms with Crippen molar-refractivity contribution in [2.24, 2.45) is 5.73 Å². The predicted octanol–water partition coefficient (Wildman–Crippen LogP) is 2.81. The molecule has 0 heterocycles. The molecular formula is C14H19NO. The predicted molar refractivity (Wildman–Crippen MR) is 67.3 cm³/mol. The van der Waals surface area contributed by atoms with E-state index in [1.165, 1.54) is 5.56 Å². The van der Waals surface area contributed by atoms with Crippen molar-refractivity contribution < 1.29 is 4.74 Å². The van der Waals surface area contributed by atoms with E-state index in [0.717, 1.165) is 17.7 Å². The van der Waals surface area contributed by atoms with Crippen LogP contribution in [0, 0.1) is 18.8 Å². The summed E-state index contributed by atoms with van der Waals surface area (Å²) in [5, 5.41) is 0. The second-order valence-electron chi connectivity index (χ2n) is 3.86. The molecule has 2 N–H and O–H groups in total. The maximum Gasteiger partial charge on any atom is 0.124 e. The van der Waals surface area contributed by atoms with Crippen LogP contribution in [0.5, 0.6) is 5.75 Å². The second-order valence-corrected chi connectivity index (χ2v) is 3.86. The molecule has 0 unspecified atom stereocenters. The average molecular weight is 217 g/mol. The maximum absolute atomic E-state index is 5.89. The van der Waals surface area contributed by atoms with Crippen LogP contribution in [-0.4, -0.2) is 6.61 Å². The molecule has 2 heteroatoms. The summed E-state index contributed by atoms with van der Waals surface area (Å²) < 4.78 is 5.70. The fourth-order valence-corrected chi connectivity index (χ4v) is 1.48. The summed E-state index contributed by atoms with van der Waals surface area (Å²) in [5.74, 6) is 6.71. The summed E-state index contributed by atoms with van der Waals surface area (Å²) in [6.45, 7) is 6.46. The zero-order valence-corrected chi connectivity index (χ0v) is 10.2. The summed E-state index contributed by atoms with van der Waals surface area (Å²) >= 11 is 0. The summed E-state index contributed by atoms with van der Waals surface area (Å²) in [5.41, 5.74) is 8.12. The monoisotopic (exact) mass is 217 g/mol. The van der Waals surface area contributed by atoms with E-state index in [2.05, 4.69) is 17.9 Å². The number of hydrogen-bond acceptors (Lipinski definition) is 2. The Morgan fingerprint density at radius 1 is 1.44 bits per heavy atom. The van der Waals surface area contributed by atoms with Crippen molar-refractivity contribution in [1.82, 2.24) is 0 Å². The van der Waals surface area contributed by atoms with Gasteiger partial charge in [0.05, 0.1) is 6.61 Å². The van der Waals surface area contributed by atoms with Crippen LogP contribution in [0.15, 0.2) is 18.2 Å². The van der Waals surface area contributed by atoms with Gasteiger partial charge in [-0.2, -0.15) is 0 Å². The zero-order valence-electron chi connectivity index (χ0n) is 10.2. The van der Waals surface area contributed by atoms with E-state index in [1.807, 2.05) is 32.9 Å². The van der Waals surface area contributed by atoms with Crippen LogP contribution in [0.4, 0.5) is 0 Å². The number of ether oxygens (including phenoxy) is 1. The Morgan fingerprint density at radius 2 is 2.19 bits per heavy atom. The van der Waals surface area contributed by atoms with Crippen molar-refractivity contribution in [3.05, 3.63) is 29.3 Å². The van der Waals surface area contributed by atoms with Crippen LogP contribution in [0.1, 0.15) is 37.4 Å². The van der Waals surface area contributed by atoms with Crippen molar-refractivity contribution in [3.8, 4) is 17.6 Å². The van der Waals surface area contributed by atoms with E-state index < -0.39 is 0 Å². The first-order valence-corrected chi connectivity index (χ1v) is 5.53. The van der Waals surface area contributed by atoms with E-state index in [9.17, 15) is 0 Å². The van der Waals surface area contributed by atoms with Gasteiger partial charge in [-0.1, -0.05) is 12.1 Å².